The number of rotatable bonds is 4. The van der Waals surface area contributed by atoms with Crippen molar-refractivity contribution in [2.24, 2.45) is 5.11 Å². The number of hydrogen-bond donors (Lipinski definition) is 1. The van der Waals surface area contributed by atoms with Crippen molar-refractivity contribution in [3.63, 3.8) is 0 Å². The topological polar surface area (TPSA) is 81.9 Å². The van der Waals surface area contributed by atoms with Gasteiger partial charge in [0.1, 0.15) is 11.4 Å². The molecular formula is C10H12N4O. The van der Waals surface area contributed by atoms with Gasteiger partial charge in [0, 0.05) is 17.2 Å². The number of pyridine rings is 1. The van der Waals surface area contributed by atoms with Crippen LogP contribution >= 0.6 is 0 Å². The molecule has 0 aliphatic heterocycles. The summed E-state index contributed by atoms with van der Waals surface area (Å²) in [5.41, 5.74) is 9.43. The molecule has 5 nitrogen and oxygen atoms in total. The van der Waals surface area contributed by atoms with Crippen molar-refractivity contribution in [2.45, 2.75) is 13.3 Å². The maximum atomic E-state index is 9.44. The van der Waals surface area contributed by atoms with Crippen molar-refractivity contribution in [3.05, 3.63) is 40.0 Å². The van der Waals surface area contributed by atoms with Crippen LogP contribution in [0.4, 0.5) is 0 Å². The highest BCUT2D eigenvalue weighted by Gasteiger charge is 1.97. The van der Waals surface area contributed by atoms with Crippen molar-refractivity contribution in [3.8, 4) is 5.75 Å². The molecule has 0 saturated carbocycles. The van der Waals surface area contributed by atoms with Crippen LogP contribution in [0.5, 0.6) is 5.75 Å². The monoisotopic (exact) mass is 204 g/mol. The lowest BCUT2D eigenvalue weighted by Gasteiger charge is -1.98. The Morgan fingerprint density at radius 1 is 1.60 bits per heavy atom. The second-order valence-corrected chi connectivity index (χ2v) is 3.00. The Balaban J connectivity index is 2.63. The number of aryl methyl sites for hydroxylation is 1. The Kier molecular flexibility index (Phi) is 4.19. The summed E-state index contributed by atoms with van der Waals surface area (Å²) in [6.45, 7) is 2.27. The van der Waals surface area contributed by atoms with E-state index in [2.05, 4.69) is 15.0 Å². The third kappa shape index (κ3) is 3.70. The zero-order valence-electron chi connectivity index (χ0n) is 8.46. The molecule has 1 aromatic heterocycles. The van der Waals surface area contributed by atoms with Crippen LogP contribution in [0.25, 0.3) is 16.5 Å². The largest absolute Gasteiger partial charge is 0.506 e. The molecule has 1 heterocycles. The fourth-order valence-corrected chi connectivity index (χ4v) is 1.06. The average Bonchev–Trinajstić information content (AvgIpc) is 2.23. The highest BCUT2D eigenvalue weighted by atomic mass is 16.3. The van der Waals surface area contributed by atoms with Crippen molar-refractivity contribution >= 4 is 6.08 Å². The Morgan fingerprint density at radius 3 is 3.13 bits per heavy atom. The molecule has 0 fully saturated rings. The first kappa shape index (κ1) is 11.1. The normalized spacial score (nSPS) is 10.2. The standard InChI is InChI=1S/C10H12N4O/c1-8-5-6-10(15)9(13-8)4-2-3-7-12-14-11/h2,4-6,15H,3,7H2,1H3. The molecule has 0 aliphatic carbocycles. The Morgan fingerprint density at radius 2 is 2.40 bits per heavy atom. The van der Waals surface area contributed by atoms with Gasteiger partial charge in [-0.25, -0.2) is 4.98 Å². The molecule has 78 valence electrons. The summed E-state index contributed by atoms with van der Waals surface area (Å²) in [5.74, 6) is 0.153. The van der Waals surface area contributed by atoms with E-state index < -0.39 is 0 Å². The SMILES string of the molecule is Cc1ccc(O)c(C=CCCN=[N+]=[N-])n1. The highest BCUT2D eigenvalue weighted by Crippen LogP contribution is 2.16. The van der Waals surface area contributed by atoms with Crippen LogP contribution in [0, 0.1) is 6.92 Å². The van der Waals surface area contributed by atoms with E-state index in [-0.39, 0.29) is 5.75 Å². The minimum Gasteiger partial charge on any atom is -0.506 e. The summed E-state index contributed by atoms with van der Waals surface area (Å²) in [4.78, 5) is 6.79. The van der Waals surface area contributed by atoms with E-state index in [1.807, 2.05) is 13.0 Å². The van der Waals surface area contributed by atoms with E-state index in [9.17, 15) is 5.11 Å². The van der Waals surface area contributed by atoms with Gasteiger partial charge in [0.15, 0.2) is 0 Å². The van der Waals surface area contributed by atoms with Gasteiger partial charge in [-0.05, 0) is 37.1 Å². The molecule has 15 heavy (non-hydrogen) atoms. The number of aromatic nitrogens is 1. The van der Waals surface area contributed by atoms with Crippen LogP contribution in [0.1, 0.15) is 17.8 Å². The Bertz CT molecular complexity index is 408. The molecule has 0 radical (unpaired) electrons. The van der Waals surface area contributed by atoms with Gasteiger partial charge in [0.25, 0.3) is 0 Å². The smallest absolute Gasteiger partial charge is 0.141 e. The Hall–Kier alpha value is -2.00. The third-order valence-corrected chi connectivity index (χ3v) is 1.78. The molecule has 1 N–H and O–H groups in total. The molecule has 1 aromatic rings. The molecule has 1 rings (SSSR count). The van der Waals surface area contributed by atoms with Gasteiger partial charge >= 0.3 is 0 Å². The first-order valence-corrected chi connectivity index (χ1v) is 4.58. The van der Waals surface area contributed by atoms with Crippen LogP contribution < -0.4 is 0 Å². The summed E-state index contributed by atoms with van der Waals surface area (Å²) >= 11 is 0. The quantitative estimate of drug-likeness (QED) is 0.354. The van der Waals surface area contributed by atoms with E-state index in [0.717, 1.165) is 5.69 Å². The van der Waals surface area contributed by atoms with E-state index in [1.54, 1.807) is 18.2 Å². The van der Waals surface area contributed by atoms with Crippen LogP contribution in [0.2, 0.25) is 0 Å². The van der Waals surface area contributed by atoms with Gasteiger partial charge in [-0.1, -0.05) is 11.2 Å². The van der Waals surface area contributed by atoms with Gasteiger partial charge in [-0.3, -0.25) is 0 Å². The molecule has 0 atom stereocenters. The summed E-state index contributed by atoms with van der Waals surface area (Å²) < 4.78 is 0. The molecule has 0 amide bonds. The van der Waals surface area contributed by atoms with Crippen LogP contribution in [-0.4, -0.2) is 16.6 Å². The molecule has 0 saturated heterocycles. The number of hydrogen-bond acceptors (Lipinski definition) is 3. The maximum Gasteiger partial charge on any atom is 0.141 e. The van der Waals surface area contributed by atoms with Crippen LogP contribution in [0.3, 0.4) is 0 Å². The third-order valence-electron chi connectivity index (χ3n) is 1.78. The molecule has 0 bridgehead atoms. The molecule has 0 aliphatic rings. The number of nitrogens with zero attached hydrogens (tertiary/aromatic N) is 4. The van der Waals surface area contributed by atoms with Gasteiger partial charge in [0.05, 0.1) is 0 Å². The van der Waals surface area contributed by atoms with E-state index in [1.165, 1.54) is 0 Å². The van der Waals surface area contributed by atoms with Gasteiger partial charge in [-0.2, -0.15) is 0 Å². The summed E-state index contributed by atoms with van der Waals surface area (Å²) in [5, 5.41) is 12.8. The lowest BCUT2D eigenvalue weighted by atomic mass is 10.2. The maximum absolute atomic E-state index is 9.44. The van der Waals surface area contributed by atoms with Gasteiger partial charge < -0.3 is 5.11 Å². The minimum atomic E-state index is 0.153. The van der Waals surface area contributed by atoms with Crippen LogP contribution in [-0.2, 0) is 0 Å². The van der Waals surface area contributed by atoms with E-state index in [0.29, 0.717) is 18.7 Å². The average molecular weight is 204 g/mol. The van der Waals surface area contributed by atoms with Crippen molar-refractivity contribution in [1.29, 1.82) is 0 Å². The Labute approximate surface area is 87.7 Å². The summed E-state index contributed by atoms with van der Waals surface area (Å²) in [6, 6.07) is 3.35. The van der Waals surface area contributed by atoms with E-state index in [4.69, 9.17) is 5.53 Å². The predicted molar refractivity (Wildman–Crippen MR) is 58.3 cm³/mol. The minimum absolute atomic E-state index is 0.153. The second kappa shape index (κ2) is 5.67. The van der Waals surface area contributed by atoms with Gasteiger partial charge in [-0.15, -0.1) is 0 Å². The number of aromatic hydroxyl groups is 1. The lowest BCUT2D eigenvalue weighted by molar-refractivity contribution is 0.470. The summed E-state index contributed by atoms with van der Waals surface area (Å²) in [7, 11) is 0. The molecule has 0 spiro atoms. The fraction of sp³-hybridized carbons (Fsp3) is 0.300. The van der Waals surface area contributed by atoms with Crippen molar-refractivity contribution < 1.29 is 5.11 Å². The lowest BCUT2D eigenvalue weighted by Crippen LogP contribution is -1.85. The predicted octanol–water partition coefficient (Wildman–Crippen LogP) is 2.81. The van der Waals surface area contributed by atoms with Crippen molar-refractivity contribution in [1.82, 2.24) is 4.98 Å². The zero-order chi connectivity index (χ0) is 11.1. The van der Waals surface area contributed by atoms with Crippen LogP contribution in [0.15, 0.2) is 23.3 Å². The van der Waals surface area contributed by atoms with E-state index >= 15 is 0 Å². The molecule has 0 aromatic carbocycles. The number of azide groups is 1. The summed E-state index contributed by atoms with van der Waals surface area (Å²) in [6.07, 6.45) is 4.17. The second-order valence-electron chi connectivity index (χ2n) is 3.00. The molecule has 5 heteroatoms. The highest BCUT2D eigenvalue weighted by molar-refractivity contribution is 5.52. The van der Waals surface area contributed by atoms with Crippen molar-refractivity contribution in [2.75, 3.05) is 6.54 Å². The van der Waals surface area contributed by atoms with Gasteiger partial charge in [0.2, 0.25) is 0 Å². The first-order chi connectivity index (χ1) is 7.24. The first-order valence-electron chi connectivity index (χ1n) is 4.58. The molecule has 0 unspecified atom stereocenters. The molecular weight excluding hydrogens is 192 g/mol. The zero-order valence-corrected chi connectivity index (χ0v) is 8.46. The fourth-order valence-electron chi connectivity index (χ4n) is 1.06.